The van der Waals surface area contributed by atoms with Crippen LogP contribution >= 0.6 is 12.6 Å². The van der Waals surface area contributed by atoms with Gasteiger partial charge in [-0.2, -0.15) is 0 Å². The molecule has 0 bridgehead atoms. The van der Waals surface area contributed by atoms with Crippen molar-refractivity contribution < 1.29 is 19.4 Å². The summed E-state index contributed by atoms with van der Waals surface area (Å²) in [7, 11) is 0. The highest BCUT2D eigenvalue weighted by molar-refractivity contribution is 7.80. The molecule has 0 aromatic heterocycles. The second-order valence-electron chi connectivity index (χ2n) is 6.47. The van der Waals surface area contributed by atoms with Crippen molar-refractivity contribution in [3.63, 3.8) is 0 Å². The smallest absolute Gasteiger partial charge is 0.336 e. The number of hydrogen-bond acceptors (Lipinski definition) is 5. The molecule has 0 saturated heterocycles. The highest BCUT2D eigenvalue weighted by atomic mass is 32.1. The monoisotopic (exact) mass is 392 g/mol. The Morgan fingerprint density at radius 1 is 1.07 bits per heavy atom. The molecule has 0 fully saturated rings. The van der Waals surface area contributed by atoms with Gasteiger partial charge >= 0.3 is 5.97 Å². The van der Waals surface area contributed by atoms with Gasteiger partial charge in [-0.25, -0.2) is 4.79 Å². The Morgan fingerprint density at radius 2 is 1.82 bits per heavy atom. The van der Waals surface area contributed by atoms with E-state index in [-0.39, 0.29) is 16.7 Å². The maximum atomic E-state index is 12.3. The Bertz CT molecular complexity index is 1270. The molecule has 0 spiro atoms. The summed E-state index contributed by atoms with van der Waals surface area (Å²) in [4.78, 5) is 24.8. The molecule has 0 amide bonds. The standard InChI is InChI=1S/C22H16O5S/c1-2-13-18(24)8-7-16-20(14-6-4-12(28)10-17(14)22(25)26)15-5-3-11(23)9-19(15)27-21(13)16/h3-10,23,28H,2H2,1H3,(H,25,26). The fourth-order valence-electron chi connectivity index (χ4n) is 3.53. The number of rotatable bonds is 3. The first-order chi connectivity index (χ1) is 13.4. The molecule has 0 saturated carbocycles. The lowest BCUT2D eigenvalue weighted by Crippen LogP contribution is -2.10. The first-order valence-electron chi connectivity index (χ1n) is 8.68. The number of benzene rings is 3. The average molecular weight is 392 g/mol. The number of hydrogen-bond donors (Lipinski definition) is 3. The Balaban J connectivity index is 2.24. The molecule has 0 unspecified atom stereocenters. The number of aromatic hydroxyl groups is 1. The molecule has 2 aromatic rings. The van der Waals surface area contributed by atoms with Gasteiger partial charge < -0.3 is 14.6 Å². The minimum absolute atomic E-state index is 0.0158. The van der Waals surface area contributed by atoms with Gasteiger partial charge in [0.1, 0.15) is 17.1 Å². The van der Waals surface area contributed by atoms with Crippen LogP contribution in [-0.4, -0.2) is 16.2 Å². The van der Waals surface area contributed by atoms with E-state index >= 15 is 0 Å². The second-order valence-corrected chi connectivity index (χ2v) is 6.98. The van der Waals surface area contributed by atoms with Crippen molar-refractivity contribution in [2.45, 2.75) is 18.2 Å². The van der Waals surface area contributed by atoms with Gasteiger partial charge in [0.2, 0.25) is 0 Å². The van der Waals surface area contributed by atoms with Crippen LogP contribution in [0.15, 0.2) is 62.6 Å². The number of carbonyl (C=O) groups is 1. The largest absolute Gasteiger partial charge is 0.508 e. The van der Waals surface area contributed by atoms with Gasteiger partial charge in [0.05, 0.1) is 5.56 Å². The van der Waals surface area contributed by atoms with E-state index in [0.717, 1.165) is 0 Å². The maximum Gasteiger partial charge on any atom is 0.336 e. The number of phenolic OH excluding ortho intramolecular Hbond substituents is 1. The lowest BCUT2D eigenvalue weighted by atomic mass is 9.89. The van der Waals surface area contributed by atoms with Crippen LogP contribution < -0.4 is 5.43 Å². The van der Waals surface area contributed by atoms with Gasteiger partial charge in [-0.1, -0.05) is 13.0 Å². The zero-order chi connectivity index (χ0) is 20.0. The molecule has 28 heavy (non-hydrogen) atoms. The lowest BCUT2D eigenvalue weighted by Gasteiger charge is -2.18. The third kappa shape index (κ3) is 2.82. The zero-order valence-electron chi connectivity index (χ0n) is 14.9. The summed E-state index contributed by atoms with van der Waals surface area (Å²) in [6, 6.07) is 12.7. The predicted octanol–water partition coefficient (Wildman–Crippen LogP) is 4.82. The van der Waals surface area contributed by atoms with Crippen LogP contribution in [0.5, 0.6) is 5.75 Å². The number of carboxylic acid groups (broad SMARTS) is 1. The van der Waals surface area contributed by atoms with Crippen LogP contribution in [0.1, 0.15) is 22.8 Å². The van der Waals surface area contributed by atoms with Crippen LogP contribution in [-0.2, 0) is 6.42 Å². The normalized spacial score (nSPS) is 11.2. The van der Waals surface area contributed by atoms with Crippen molar-refractivity contribution in [2.24, 2.45) is 0 Å². The molecule has 0 radical (unpaired) electrons. The van der Waals surface area contributed by atoms with E-state index in [1.807, 2.05) is 6.92 Å². The molecule has 1 aliphatic heterocycles. The lowest BCUT2D eigenvalue weighted by molar-refractivity contribution is 0.0697. The number of carboxylic acids is 1. The van der Waals surface area contributed by atoms with Crippen molar-refractivity contribution in [2.75, 3.05) is 0 Å². The second kappa shape index (κ2) is 6.73. The van der Waals surface area contributed by atoms with E-state index in [2.05, 4.69) is 12.6 Å². The molecular formula is C22H16O5S. The fraction of sp³-hybridized carbons (Fsp3) is 0.0909. The molecule has 0 atom stereocenters. The molecule has 2 aromatic carbocycles. The van der Waals surface area contributed by atoms with E-state index in [0.29, 0.717) is 50.3 Å². The van der Waals surface area contributed by atoms with Crippen LogP contribution in [0.4, 0.5) is 0 Å². The first kappa shape index (κ1) is 18.1. The topological polar surface area (TPSA) is 87.7 Å². The van der Waals surface area contributed by atoms with Crippen LogP contribution in [0, 0.1) is 0 Å². The minimum atomic E-state index is -1.08. The number of phenols is 1. The van der Waals surface area contributed by atoms with Crippen molar-refractivity contribution in [1.82, 2.24) is 0 Å². The molecule has 140 valence electrons. The zero-order valence-corrected chi connectivity index (χ0v) is 15.8. The van der Waals surface area contributed by atoms with Gasteiger partial charge in [-0.15, -0.1) is 12.6 Å². The molecule has 1 aliphatic carbocycles. The summed E-state index contributed by atoms with van der Waals surface area (Å²) >= 11 is 4.26. The number of thiol groups is 1. The summed E-state index contributed by atoms with van der Waals surface area (Å²) in [5, 5.41) is 20.3. The summed E-state index contributed by atoms with van der Waals surface area (Å²) in [5.74, 6) is -0.667. The van der Waals surface area contributed by atoms with Crippen LogP contribution in [0.25, 0.3) is 33.4 Å². The third-order valence-electron chi connectivity index (χ3n) is 4.79. The van der Waals surface area contributed by atoms with Gasteiger partial charge in [0, 0.05) is 33.0 Å². The van der Waals surface area contributed by atoms with E-state index in [1.165, 1.54) is 24.3 Å². The van der Waals surface area contributed by atoms with Crippen molar-refractivity contribution >= 4 is 29.6 Å². The Morgan fingerprint density at radius 3 is 2.54 bits per heavy atom. The third-order valence-corrected chi connectivity index (χ3v) is 5.07. The van der Waals surface area contributed by atoms with Crippen LogP contribution in [0.3, 0.4) is 0 Å². The predicted molar refractivity (Wildman–Crippen MR) is 110 cm³/mol. The highest BCUT2D eigenvalue weighted by Gasteiger charge is 2.24. The Hall–Kier alpha value is -3.25. The summed E-state index contributed by atoms with van der Waals surface area (Å²) in [6.07, 6.45) is 0.463. The molecule has 2 aliphatic rings. The highest BCUT2D eigenvalue weighted by Crippen LogP contribution is 2.43. The van der Waals surface area contributed by atoms with Crippen molar-refractivity contribution in [3.05, 3.63) is 69.9 Å². The van der Waals surface area contributed by atoms with Gasteiger partial charge in [-0.05, 0) is 48.4 Å². The summed E-state index contributed by atoms with van der Waals surface area (Å²) in [5.41, 5.74) is 2.59. The van der Waals surface area contributed by atoms with E-state index in [9.17, 15) is 19.8 Å². The van der Waals surface area contributed by atoms with E-state index in [1.54, 1.807) is 24.3 Å². The molecule has 2 N–H and O–H groups in total. The van der Waals surface area contributed by atoms with Crippen molar-refractivity contribution in [1.29, 1.82) is 0 Å². The van der Waals surface area contributed by atoms with Gasteiger partial charge in [0.25, 0.3) is 0 Å². The molecular weight excluding hydrogens is 376 g/mol. The summed E-state index contributed by atoms with van der Waals surface area (Å²) < 4.78 is 5.99. The fourth-order valence-corrected chi connectivity index (χ4v) is 3.74. The maximum absolute atomic E-state index is 12.3. The molecule has 6 heteroatoms. The molecule has 4 rings (SSSR count). The minimum Gasteiger partial charge on any atom is -0.508 e. The van der Waals surface area contributed by atoms with Crippen molar-refractivity contribution in [3.8, 4) is 28.2 Å². The Kier molecular flexibility index (Phi) is 4.35. The first-order valence-corrected chi connectivity index (χ1v) is 9.13. The molecule has 5 nitrogen and oxygen atoms in total. The summed E-state index contributed by atoms with van der Waals surface area (Å²) in [6.45, 7) is 1.86. The molecule has 1 heterocycles. The van der Waals surface area contributed by atoms with Crippen LogP contribution in [0.2, 0.25) is 0 Å². The quantitative estimate of drug-likeness (QED) is 0.344. The Labute approximate surface area is 165 Å². The average Bonchev–Trinajstić information content (AvgIpc) is 2.66. The SMILES string of the molecule is CCc1c2oc3cc(O)ccc3c(-c3ccc(S)cc3C(=O)O)c-2ccc1=O. The van der Waals surface area contributed by atoms with Gasteiger partial charge in [0.15, 0.2) is 5.43 Å². The van der Waals surface area contributed by atoms with E-state index in [4.69, 9.17) is 4.42 Å². The number of fused-ring (bicyclic) bond motifs is 2. The number of aromatic carboxylic acids is 1. The van der Waals surface area contributed by atoms with Gasteiger partial charge in [-0.3, -0.25) is 4.79 Å². The van der Waals surface area contributed by atoms with E-state index < -0.39 is 5.97 Å².